The molecule has 0 spiro atoms. The van der Waals surface area contributed by atoms with Gasteiger partial charge in [-0.3, -0.25) is 14.3 Å². The molecule has 0 saturated carbocycles. The first-order valence-electron chi connectivity index (χ1n) is 11.0. The maximum atomic E-state index is 13.5. The zero-order valence-electron chi connectivity index (χ0n) is 20.1. The first-order chi connectivity index (χ1) is 16.3. The standard InChI is InChI=1S/C25H28N6O2S/c1-7-13-29-19(5)26-27-25(29)34-15-22(32)21-14-16(2)30(17(21)3)23-18(4)28(6)31(24(23)33)20-11-9-8-10-12-20/h7-12,14H,1,13,15H2,2-6H3. The molecule has 0 amide bonds. The van der Waals surface area contributed by atoms with E-state index >= 15 is 0 Å². The van der Waals surface area contributed by atoms with Crippen LogP contribution in [0, 0.1) is 27.7 Å². The number of aromatic nitrogens is 6. The van der Waals surface area contributed by atoms with Crippen molar-refractivity contribution in [3.63, 3.8) is 0 Å². The third-order valence-corrected chi connectivity index (χ3v) is 6.99. The molecule has 0 bridgehead atoms. The first kappa shape index (κ1) is 23.6. The monoisotopic (exact) mass is 476 g/mol. The van der Waals surface area contributed by atoms with E-state index in [1.54, 1.807) is 10.8 Å². The summed E-state index contributed by atoms with van der Waals surface area (Å²) in [5.41, 5.74) is 4.21. The van der Waals surface area contributed by atoms with Gasteiger partial charge in [-0.25, -0.2) is 4.68 Å². The van der Waals surface area contributed by atoms with Gasteiger partial charge in [0.25, 0.3) is 5.56 Å². The summed E-state index contributed by atoms with van der Waals surface area (Å²) in [5.74, 6) is 0.983. The molecular weight excluding hydrogens is 448 g/mol. The quantitative estimate of drug-likeness (QED) is 0.219. The van der Waals surface area contributed by atoms with Crippen LogP contribution in [-0.4, -0.2) is 40.2 Å². The number of benzene rings is 1. The van der Waals surface area contributed by atoms with Crippen LogP contribution in [-0.2, 0) is 13.6 Å². The molecule has 3 aromatic heterocycles. The zero-order chi connectivity index (χ0) is 24.6. The fourth-order valence-electron chi connectivity index (χ4n) is 4.22. The molecule has 8 nitrogen and oxygen atoms in total. The summed E-state index contributed by atoms with van der Waals surface area (Å²) in [5, 5.41) is 8.97. The predicted octanol–water partition coefficient (Wildman–Crippen LogP) is 3.95. The van der Waals surface area contributed by atoms with E-state index in [0.29, 0.717) is 23.0 Å². The van der Waals surface area contributed by atoms with Crippen LogP contribution in [0.4, 0.5) is 0 Å². The molecule has 0 N–H and O–H groups in total. The number of nitrogens with zero attached hydrogens (tertiary/aromatic N) is 6. The number of rotatable bonds is 8. The molecule has 0 fully saturated rings. The highest BCUT2D eigenvalue weighted by molar-refractivity contribution is 7.99. The van der Waals surface area contributed by atoms with Crippen molar-refractivity contribution in [2.45, 2.75) is 39.4 Å². The summed E-state index contributed by atoms with van der Waals surface area (Å²) in [4.78, 5) is 26.7. The number of ketones is 1. The van der Waals surface area contributed by atoms with Gasteiger partial charge >= 0.3 is 0 Å². The number of para-hydroxylation sites is 1. The lowest BCUT2D eigenvalue weighted by molar-refractivity contribution is 0.102. The van der Waals surface area contributed by atoms with Crippen LogP contribution < -0.4 is 5.56 Å². The number of aryl methyl sites for hydroxylation is 2. The molecule has 0 saturated heterocycles. The Morgan fingerprint density at radius 2 is 1.79 bits per heavy atom. The normalized spacial score (nSPS) is 11.2. The second-order valence-electron chi connectivity index (χ2n) is 8.17. The molecule has 0 aliphatic carbocycles. The minimum Gasteiger partial charge on any atom is -0.311 e. The lowest BCUT2D eigenvalue weighted by Crippen LogP contribution is -2.22. The van der Waals surface area contributed by atoms with Gasteiger partial charge in [0, 0.05) is 30.5 Å². The lowest BCUT2D eigenvalue weighted by atomic mass is 10.2. The van der Waals surface area contributed by atoms with Crippen molar-refractivity contribution in [2.24, 2.45) is 7.05 Å². The van der Waals surface area contributed by atoms with E-state index in [9.17, 15) is 9.59 Å². The molecule has 0 unspecified atom stereocenters. The molecule has 4 rings (SSSR count). The van der Waals surface area contributed by atoms with Gasteiger partial charge in [-0.1, -0.05) is 36.0 Å². The van der Waals surface area contributed by atoms with Crippen molar-refractivity contribution in [3.8, 4) is 11.4 Å². The predicted molar refractivity (Wildman–Crippen MR) is 135 cm³/mol. The van der Waals surface area contributed by atoms with Gasteiger partial charge in [0.1, 0.15) is 11.5 Å². The topological polar surface area (TPSA) is 79.6 Å². The summed E-state index contributed by atoms with van der Waals surface area (Å²) in [6.45, 7) is 12.0. The molecule has 34 heavy (non-hydrogen) atoms. The maximum absolute atomic E-state index is 13.5. The number of allylic oxidation sites excluding steroid dienone is 1. The summed E-state index contributed by atoms with van der Waals surface area (Å²) >= 11 is 1.35. The molecule has 9 heteroatoms. The number of hydrogen-bond donors (Lipinski definition) is 0. The number of thioether (sulfide) groups is 1. The van der Waals surface area contributed by atoms with Crippen molar-refractivity contribution >= 4 is 17.5 Å². The van der Waals surface area contributed by atoms with E-state index in [2.05, 4.69) is 16.8 Å². The molecular formula is C25H28N6O2S. The van der Waals surface area contributed by atoms with Gasteiger partial charge in [-0.2, -0.15) is 0 Å². The number of Topliss-reactive ketones (excluding diaryl/α,β-unsaturated/α-hetero) is 1. The van der Waals surface area contributed by atoms with Gasteiger partial charge < -0.3 is 9.13 Å². The largest absolute Gasteiger partial charge is 0.311 e. The highest BCUT2D eigenvalue weighted by atomic mass is 32.2. The van der Waals surface area contributed by atoms with Gasteiger partial charge in [-0.05, 0) is 45.9 Å². The Balaban J connectivity index is 1.68. The first-order valence-corrected chi connectivity index (χ1v) is 11.9. The lowest BCUT2D eigenvalue weighted by Gasteiger charge is -2.09. The van der Waals surface area contributed by atoms with E-state index in [-0.39, 0.29) is 17.1 Å². The molecule has 0 aliphatic rings. The Bertz CT molecular complexity index is 1440. The SMILES string of the molecule is C=CCn1c(C)nnc1SCC(=O)c1cc(C)n(-c2c(C)n(C)n(-c3ccccc3)c2=O)c1C. The molecule has 3 heterocycles. The maximum Gasteiger partial charge on any atom is 0.295 e. The molecule has 0 atom stereocenters. The van der Waals surface area contributed by atoms with E-state index in [1.807, 2.05) is 85.0 Å². The minimum atomic E-state index is -0.130. The van der Waals surface area contributed by atoms with Crippen LogP contribution in [0.1, 0.15) is 33.3 Å². The summed E-state index contributed by atoms with van der Waals surface area (Å²) in [6.07, 6.45) is 1.78. The van der Waals surface area contributed by atoms with Crippen LogP contribution in [0.2, 0.25) is 0 Å². The van der Waals surface area contributed by atoms with Crippen LogP contribution in [0.3, 0.4) is 0 Å². The highest BCUT2D eigenvalue weighted by Gasteiger charge is 2.24. The fourth-order valence-corrected chi connectivity index (χ4v) is 5.09. The number of carbonyl (C=O) groups is 1. The third kappa shape index (κ3) is 3.96. The third-order valence-electron chi connectivity index (χ3n) is 6.02. The molecule has 0 radical (unpaired) electrons. The Morgan fingerprint density at radius 3 is 2.47 bits per heavy atom. The van der Waals surface area contributed by atoms with E-state index in [4.69, 9.17) is 0 Å². The van der Waals surface area contributed by atoms with E-state index in [0.717, 1.165) is 28.6 Å². The number of hydrogen-bond acceptors (Lipinski definition) is 5. The molecule has 1 aromatic carbocycles. The van der Waals surface area contributed by atoms with Crippen LogP contribution in [0.25, 0.3) is 11.4 Å². The smallest absolute Gasteiger partial charge is 0.295 e. The number of carbonyl (C=O) groups excluding carboxylic acids is 1. The van der Waals surface area contributed by atoms with Crippen molar-refractivity contribution < 1.29 is 4.79 Å². The minimum absolute atomic E-state index is 0.0212. The van der Waals surface area contributed by atoms with Crippen molar-refractivity contribution in [1.29, 1.82) is 0 Å². The average molecular weight is 477 g/mol. The zero-order valence-corrected chi connectivity index (χ0v) is 20.9. The highest BCUT2D eigenvalue weighted by Crippen LogP contribution is 2.25. The van der Waals surface area contributed by atoms with Gasteiger partial charge in [-0.15, -0.1) is 16.8 Å². The summed E-state index contributed by atoms with van der Waals surface area (Å²) < 4.78 is 7.31. The second kappa shape index (κ2) is 9.34. The van der Waals surface area contributed by atoms with Crippen molar-refractivity contribution in [3.05, 3.63) is 87.9 Å². The summed E-state index contributed by atoms with van der Waals surface area (Å²) in [7, 11) is 1.87. The van der Waals surface area contributed by atoms with Crippen LogP contribution in [0.5, 0.6) is 0 Å². The van der Waals surface area contributed by atoms with Gasteiger partial charge in [0.15, 0.2) is 10.9 Å². The Hall–Kier alpha value is -3.59. The Morgan fingerprint density at radius 1 is 1.09 bits per heavy atom. The van der Waals surface area contributed by atoms with Crippen molar-refractivity contribution in [1.82, 2.24) is 28.7 Å². The fraction of sp³-hybridized carbons (Fsp3) is 0.280. The average Bonchev–Trinajstić information content (AvgIpc) is 3.39. The van der Waals surface area contributed by atoms with E-state index in [1.165, 1.54) is 11.8 Å². The second-order valence-corrected chi connectivity index (χ2v) is 9.11. The van der Waals surface area contributed by atoms with Crippen LogP contribution >= 0.6 is 11.8 Å². The molecule has 0 aliphatic heterocycles. The Labute approximate surface area is 202 Å². The summed E-state index contributed by atoms with van der Waals surface area (Å²) in [6, 6.07) is 11.4. The van der Waals surface area contributed by atoms with Gasteiger partial charge in [0.05, 0.1) is 17.1 Å². The Kier molecular flexibility index (Phi) is 6.47. The molecule has 176 valence electrons. The van der Waals surface area contributed by atoms with Crippen LogP contribution in [0.15, 0.2) is 59.0 Å². The molecule has 4 aromatic rings. The van der Waals surface area contributed by atoms with Crippen molar-refractivity contribution in [2.75, 3.05) is 5.75 Å². The van der Waals surface area contributed by atoms with E-state index < -0.39 is 0 Å². The van der Waals surface area contributed by atoms with Gasteiger partial charge in [0.2, 0.25) is 0 Å².